The van der Waals surface area contributed by atoms with Crippen molar-refractivity contribution in [2.24, 2.45) is 0 Å². The minimum absolute atomic E-state index is 0.156. The minimum Gasteiger partial charge on any atom is -0.375 e. The predicted octanol–water partition coefficient (Wildman–Crippen LogP) is 5.83. The molecular formula is C24H28Cl2N2O3. The molecule has 2 aromatic rings. The van der Waals surface area contributed by atoms with Crippen molar-refractivity contribution in [2.45, 2.75) is 38.7 Å². The van der Waals surface area contributed by atoms with E-state index in [0.29, 0.717) is 5.56 Å². The maximum Gasteiger partial charge on any atom is 0.261 e. The molecule has 0 radical (unpaired) electrons. The van der Waals surface area contributed by atoms with Crippen molar-refractivity contribution in [1.82, 2.24) is 0 Å². The molecule has 1 atom stereocenters. The fourth-order valence-corrected chi connectivity index (χ4v) is 4.26. The summed E-state index contributed by atoms with van der Waals surface area (Å²) in [5, 5.41) is 14.0. The highest BCUT2D eigenvalue weighted by atomic mass is 35.5. The molecule has 0 aliphatic carbocycles. The monoisotopic (exact) mass is 462 g/mol. The largest absolute Gasteiger partial charge is 0.375 e. The third-order valence-electron chi connectivity index (χ3n) is 5.21. The zero-order chi connectivity index (χ0) is 23.2. The number of halogens is 2. The van der Waals surface area contributed by atoms with Gasteiger partial charge in [-0.1, -0.05) is 37.0 Å². The summed E-state index contributed by atoms with van der Waals surface area (Å²) >= 11 is 12.3. The minimum atomic E-state index is -2.04. The summed E-state index contributed by atoms with van der Waals surface area (Å²) in [6.07, 6.45) is 1.94. The lowest BCUT2D eigenvalue weighted by Crippen LogP contribution is -2.36. The smallest absolute Gasteiger partial charge is 0.261 e. The van der Waals surface area contributed by atoms with Crippen molar-refractivity contribution in [3.63, 3.8) is 0 Å². The van der Waals surface area contributed by atoms with E-state index in [-0.39, 0.29) is 27.1 Å². The molecule has 166 valence electrons. The number of amides is 1. The molecule has 1 saturated heterocycles. The average Bonchev–Trinajstić information content (AvgIpc) is 3.42. The van der Waals surface area contributed by atoms with Crippen molar-refractivity contribution in [3.8, 4) is 0 Å². The molecule has 4 rings (SSSR count). The van der Waals surface area contributed by atoms with E-state index in [1.807, 2.05) is 26.0 Å². The lowest BCUT2D eigenvalue weighted by molar-refractivity contribution is -0.133. The number of carbonyl (C=O) groups is 2. The zero-order valence-corrected chi connectivity index (χ0v) is 19.4. The van der Waals surface area contributed by atoms with Gasteiger partial charge in [0.1, 0.15) is 0 Å². The second-order valence-electron chi connectivity index (χ2n) is 6.93. The Kier molecular flexibility index (Phi) is 8.69. The molecule has 1 amide bonds. The molecule has 5 nitrogen and oxygen atoms in total. The van der Waals surface area contributed by atoms with Gasteiger partial charge in [-0.25, -0.2) is 0 Å². The van der Waals surface area contributed by atoms with Gasteiger partial charge in [-0.3, -0.25) is 9.59 Å². The maximum atomic E-state index is 12.8. The van der Waals surface area contributed by atoms with Crippen LogP contribution in [0.4, 0.5) is 11.4 Å². The van der Waals surface area contributed by atoms with E-state index >= 15 is 0 Å². The van der Waals surface area contributed by atoms with Crippen LogP contribution < -0.4 is 10.2 Å². The lowest BCUT2D eigenvalue weighted by atomic mass is 9.88. The van der Waals surface area contributed by atoms with Crippen LogP contribution in [0.25, 0.3) is 0 Å². The van der Waals surface area contributed by atoms with E-state index < -0.39 is 17.9 Å². The molecule has 1 unspecified atom stereocenters. The number of benzene rings is 2. The molecule has 31 heavy (non-hydrogen) atoms. The number of anilines is 2. The molecular weight excluding hydrogens is 435 g/mol. The van der Waals surface area contributed by atoms with Gasteiger partial charge >= 0.3 is 0 Å². The first kappa shape index (κ1) is 24.9. The predicted molar refractivity (Wildman–Crippen MR) is 128 cm³/mol. The van der Waals surface area contributed by atoms with Crippen molar-refractivity contribution < 1.29 is 14.7 Å². The number of ketones is 1. The van der Waals surface area contributed by atoms with Crippen LogP contribution in [0.5, 0.6) is 0 Å². The Hall–Kier alpha value is -2.34. The number of fused-ring (bicyclic) bond motifs is 1. The third-order valence-corrected chi connectivity index (χ3v) is 5.84. The van der Waals surface area contributed by atoms with Crippen LogP contribution in [-0.2, 0) is 10.4 Å². The summed E-state index contributed by atoms with van der Waals surface area (Å²) in [4.78, 5) is 27.4. The van der Waals surface area contributed by atoms with Gasteiger partial charge in [-0.15, -0.1) is 13.2 Å². The second-order valence-corrected chi connectivity index (χ2v) is 7.75. The molecule has 0 spiro atoms. The Bertz CT molecular complexity index is 941. The number of carbonyl (C=O) groups excluding carboxylic acids is 2. The Balaban J connectivity index is 0.000000807. The molecule has 2 aliphatic rings. The number of nitrogens with one attached hydrogen (secondary N) is 1. The van der Waals surface area contributed by atoms with E-state index in [1.54, 1.807) is 12.1 Å². The lowest BCUT2D eigenvalue weighted by Gasteiger charge is -2.21. The van der Waals surface area contributed by atoms with Gasteiger partial charge in [0.05, 0.1) is 17.1 Å². The maximum absolute atomic E-state index is 12.8. The van der Waals surface area contributed by atoms with Crippen LogP contribution in [0.2, 0.25) is 10.0 Å². The fraction of sp³-hybridized carbons (Fsp3) is 0.333. The molecule has 2 N–H and O–H groups in total. The van der Waals surface area contributed by atoms with Crippen molar-refractivity contribution >= 4 is 46.3 Å². The van der Waals surface area contributed by atoms with Gasteiger partial charge in [-0.2, -0.15) is 0 Å². The Labute approximate surface area is 193 Å². The molecule has 1 fully saturated rings. The summed E-state index contributed by atoms with van der Waals surface area (Å²) in [7, 11) is 0. The SMILES string of the molecule is C=C.CC.O=C(CC1(O)C(=O)Nc2c(Cl)ccc(Cl)c21)c1ccc(N2CCCC2)cc1. The molecule has 7 heteroatoms. The molecule has 2 heterocycles. The highest BCUT2D eigenvalue weighted by Crippen LogP contribution is 2.46. The van der Waals surface area contributed by atoms with E-state index in [0.717, 1.165) is 18.8 Å². The number of hydrogen-bond acceptors (Lipinski definition) is 4. The summed E-state index contributed by atoms with van der Waals surface area (Å²) in [6.45, 7) is 12.0. The number of hydrogen-bond donors (Lipinski definition) is 2. The van der Waals surface area contributed by atoms with Gasteiger partial charge < -0.3 is 15.3 Å². The van der Waals surface area contributed by atoms with E-state index in [9.17, 15) is 14.7 Å². The third kappa shape index (κ3) is 4.95. The summed E-state index contributed by atoms with van der Waals surface area (Å²) in [6, 6.07) is 10.3. The number of Topliss-reactive ketones (excluding diaryl/α,β-unsaturated/α-hetero) is 1. The molecule has 2 aromatic carbocycles. The number of aliphatic hydroxyl groups is 1. The highest BCUT2D eigenvalue weighted by Gasteiger charge is 2.49. The van der Waals surface area contributed by atoms with Crippen LogP contribution in [0.3, 0.4) is 0 Å². The first-order valence-electron chi connectivity index (χ1n) is 10.3. The van der Waals surface area contributed by atoms with Crippen LogP contribution in [-0.4, -0.2) is 29.9 Å². The summed E-state index contributed by atoms with van der Waals surface area (Å²) in [5.41, 5.74) is -0.118. The fourth-order valence-electron chi connectivity index (χ4n) is 3.75. The van der Waals surface area contributed by atoms with E-state index in [2.05, 4.69) is 23.4 Å². The van der Waals surface area contributed by atoms with Gasteiger partial charge in [0, 0.05) is 34.9 Å². The normalized spacial score (nSPS) is 18.9. The van der Waals surface area contributed by atoms with Crippen LogP contribution in [0.15, 0.2) is 49.6 Å². The second kappa shape index (κ2) is 10.8. The standard InChI is InChI=1S/C20H18Cl2N2O3.C2H6.C2H4/c21-14-7-8-15(22)18-17(14)20(27,19(26)23-18)11-16(25)12-3-5-13(6-4-12)24-9-1-2-10-24;2*1-2/h3-8,27H,1-2,9-11H2,(H,23,26);1-2H3;1-2H2. The van der Waals surface area contributed by atoms with Gasteiger partial charge in [-0.05, 0) is 49.2 Å². The summed E-state index contributed by atoms with van der Waals surface area (Å²) < 4.78 is 0. The number of rotatable bonds is 4. The molecule has 0 aromatic heterocycles. The number of nitrogens with zero attached hydrogens (tertiary/aromatic N) is 1. The van der Waals surface area contributed by atoms with Crippen molar-refractivity contribution in [1.29, 1.82) is 0 Å². The van der Waals surface area contributed by atoms with Gasteiger partial charge in [0.15, 0.2) is 11.4 Å². The molecule has 0 bridgehead atoms. The Morgan fingerprint density at radius 2 is 1.61 bits per heavy atom. The van der Waals surface area contributed by atoms with Crippen molar-refractivity contribution in [3.05, 3.63) is 70.7 Å². The van der Waals surface area contributed by atoms with Crippen molar-refractivity contribution in [2.75, 3.05) is 23.3 Å². The topological polar surface area (TPSA) is 69.6 Å². The van der Waals surface area contributed by atoms with E-state index in [4.69, 9.17) is 23.2 Å². The summed E-state index contributed by atoms with van der Waals surface area (Å²) in [5.74, 6) is -1.04. The first-order chi connectivity index (χ1) is 14.9. The average molecular weight is 463 g/mol. The van der Waals surface area contributed by atoms with Crippen LogP contribution in [0.1, 0.15) is 49.0 Å². The first-order valence-corrected chi connectivity index (χ1v) is 11.1. The van der Waals surface area contributed by atoms with E-state index in [1.165, 1.54) is 25.0 Å². The van der Waals surface area contributed by atoms with Crippen LogP contribution >= 0.6 is 23.2 Å². The zero-order valence-electron chi connectivity index (χ0n) is 17.9. The molecule has 0 saturated carbocycles. The Morgan fingerprint density at radius 1 is 1.06 bits per heavy atom. The van der Waals surface area contributed by atoms with Crippen LogP contribution in [0, 0.1) is 0 Å². The molecule has 2 aliphatic heterocycles. The quantitative estimate of drug-likeness (QED) is 0.442. The Morgan fingerprint density at radius 3 is 2.19 bits per heavy atom. The van der Waals surface area contributed by atoms with Gasteiger partial charge in [0.2, 0.25) is 0 Å². The highest BCUT2D eigenvalue weighted by molar-refractivity contribution is 6.38. The van der Waals surface area contributed by atoms with Gasteiger partial charge in [0.25, 0.3) is 5.91 Å².